The van der Waals surface area contributed by atoms with Crippen LogP contribution < -0.4 is 5.32 Å². The number of carbonyl (C=O) groups is 2. The number of aliphatic carboxylic acids is 1. The first-order valence-electron chi connectivity index (χ1n) is 8.90. The van der Waals surface area contributed by atoms with E-state index in [4.69, 9.17) is 9.84 Å². The highest BCUT2D eigenvalue weighted by atomic mass is 16.5. The zero-order valence-electron chi connectivity index (χ0n) is 15.4. The first-order valence-corrected chi connectivity index (χ1v) is 8.90. The lowest BCUT2D eigenvalue weighted by molar-refractivity contribution is -0.131. The molecule has 0 aromatic heterocycles. The average molecular weight is 365 g/mol. The zero-order chi connectivity index (χ0) is 19.4. The van der Waals surface area contributed by atoms with Crippen molar-refractivity contribution in [3.63, 3.8) is 0 Å². The number of amides is 1. The largest absolute Gasteiger partial charge is 0.478 e. The van der Waals surface area contributed by atoms with Crippen LogP contribution in [-0.4, -0.2) is 29.3 Å². The molecule has 0 heterocycles. The number of hydrogen-bond donors (Lipinski definition) is 2. The Morgan fingerprint density at radius 2 is 1.63 bits per heavy atom. The molecule has 2 aromatic carbocycles. The van der Waals surface area contributed by atoms with Gasteiger partial charge in [-0.25, -0.2) is 9.59 Å². The fourth-order valence-electron chi connectivity index (χ4n) is 3.42. The van der Waals surface area contributed by atoms with Crippen LogP contribution in [0.15, 0.2) is 60.7 Å². The minimum atomic E-state index is -1.01. The molecule has 0 saturated heterocycles. The number of ether oxygens (including phenoxy) is 1. The second kappa shape index (κ2) is 7.66. The summed E-state index contributed by atoms with van der Waals surface area (Å²) in [4.78, 5) is 22.8. The first-order chi connectivity index (χ1) is 12.9. The molecule has 0 fully saturated rings. The molecule has 1 aliphatic carbocycles. The molecule has 3 rings (SSSR count). The number of nitrogens with one attached hydrogen (secondary N) is 1. The van der Waals surface area contributed by atoms with E-state index in [0.717, 1.165) is 17.2 Å². The van der Waals surface area contributed by atoms with Gasteiger partial charge in [0, 0.05) is 17.5 Å². The van der Waals surface area contributed by atoms with E-state index < -0.39 is 17.6 Å². The molecule has 0 unspecified atom stereocenters. The van der Waals surface area contributed by atoms with E-state index in [9.17, 15) is 9.59 Å². The molecular weight excluding hydrogens is 342 g/mol. The molecule has 0 aliphatic heterocycles. The maximum atomic E-state index is 12.3. The van der Waals surface area contributed by atoms with Gasteiger partial charge in [-0.1, -0.05) is 54.6 Å². The van der Waals surface area contributed by atoms with Crippen molar-refractivity contribution in [1.82, 2.24) is 5.32 Å². The molecule has 0 saturated carbocycles. The first kappa shape index (κ1) is 18.7. The number of fused-ring (bicyclic) bond motifs is 3. The molecule has 2 N–H and O–H groups in total. The van der Waals surface area contributed by atoms with Gasteiger partial charge in [-0.2, -0.15) is 0 Å². The van der Waals surface area contributed by atoms with Crippen molar-refractivity contribution < 1.29 is 19.4 Å². The van der Waals surface area contributed by atoms with Crippen molar-refractivity contribution in [2.75, 3.05) is 6.61 Å². The van der Waals surface area contributed by atoms with Crippen LogP contribution in [0.1, 0.15) is 37.3 Å². The topological polar surface area (TPSA) is 75.6 Å². The summed E-state index contributed by atoms with van der Waals surface area (Å²) < 4.78 is 5.51. The summed E-state index contributed by atoms with van der Waals surface area (Å²) in [5.41, 5.74) is 4.09. The monoisotopic (exact) mass is 365 g/mol. The molecule has 1 aliphatic rings. The Kier molecular flexibility index (Phi) is 5.31. The summed E-state index contributed by atoms with van der Waals surface area (Å²) >= 11 is 0. The van der Waals surface area contributed by atoms with E-state index in [1.54, 1.807) is 0 Å². The highest BCUT2D eigenvalue weighted by molar-refractivity contribution is 5.80. The van der Waals surface area contributed by atoms with Crippen molar-refractivity contribution in [3.8, 4) is 11.1 Å². The molecule has 5 nitrogen and oxygen atoms in total. The van der Waals surface area contributed by atoms with E-state index >= 15 is 0 Å². The predicted molar refractivity (Wildman–Crippen MR) is 104 cm³/mol. The van der Waals surface area contributed by atoms with Gasteiger partial charge in [0.05, 0.1) is 0 Å². The van der Waals surface area contributed by atoms with Gasteiger partial charge in [0.25, 0.3) is 0 Å². The Labute approximate surface area is 158 Å². The molecule has 1 amide bonds. The average Bonchev–Trinajstić information content (AvgIpc) is 2.93. The third-order valence-electron chi connectivity index (χ3n) is 4.67. The van der Waals surface area contributed by atoms with Gasteiger partial charge in [0.15, 0.2) is 0 Å². The normalized spacial score (nSPS) is 13.3. The number of carbonyl (C=O) groups excluding carboxylic acids is 1. The van der Waals surface area contributed by atoms with Crippen LogP contribution in [-0.2, 0) is 9.53 Å². The fourth-order valence-corrected chi connectivity index (χ4v) is 3.42. The molecular formula is C22H23NO4. The van der Waals surface area contributed by atoms with Gasteiger partial charge in [-0.3, -0.25) is 0 Å². The Morgan fingerprint density at radius 3 is 2.19 bits per heavy atom. The summed E-state index contributed by atoms with van der Waals surface area (Å²) in [6, 6.07) is 16.3. The van der Waals surface area contributed by atoms with Crippen LogP contribution in [0.5, 0.6) is 0 Å². The van der Waals surface area contributed by atoms with Crippen molar-refractivity contribution in [1.29, 1.82) is 0 Å². The van der Waals surface area contributed by atoms with Crippen LogP contribution in [0.2, 0.25) is 0 Å². The van der Waals surface area contributed by atoms with Crippen LogP contribution in [0.4, 0.5) is 4.79 Å². The Balaban J connectivity index is 1.65. The summed E-state index contributed by atoms with van der Waals surface area (Å²) in [6.45, 7) is 3.89. The Bertz CT molecular complexity index is 840. The summed E-state index contributed by atoms with van der Waals surface area (Å²) in [7, 11) is 0. The summed E-state index contributed by atoms with van der Waals surface area (Å²) in [6.07, 6.45) is 2.47. The van der Waals surface area contributed by atoms with E-state index in [2.05, 4.69) is 29.6 Å². The molecule has 0 bridgehead atoms. The van der Waals surface area contributed by atoms with Crippen LogP contribution in [0, 0.1) is 0 Å². The van der Waals surface area contributed by atoms with Crippen molar-refractivity contribution in [3.05, 3.63) is 71.8 Å². The number of hydrogen-bond acceptors (Lipinski definition) is 3. The van der Waals surface area contributed by atoms with Gasteiger partial charge in [-0.05, 0) is 42.5 Å². The zero-order valence-corrected chi connectivity index (χ0v) is 15.4. The number of carboxylic acid groups (broad SMARTS) is 1. The maximum Gasteiger partial charge on any atom is 0.407 e. The third kappa shape index (κ3) is 4.37. The van der Waals surface area contributed by atoms with Crippen LogP contribution in [0.25, 0.3) is 11.1 Å². The highest BCUT2D eigenvalue weighted by Gasteiger charge is 2.29. The second-order valence-corrected chi connectivity index (χ2v) is 7.28. The number of alkyl carbamates (subject to hydrolysis) is 1. The van der Waals surface area contributed by atoms with Crippen LogP contribution >= 0.6 is 0 Å². The molecule has 0 atom stereocenters. The minimum Gasteiger partial charge on any atom is -0.478 e. The van der Waals surface area contributed by atoms with Crippen LogP contribution in [0.3, 0.4) is 0 Å². The van der Waals surface area contributed by atoms with E-state index in [1.165, 1.54) is 17.2 Å². The number of carboxylic acids is 1. The number of benzene rings is 2. The van der Waals surface area contributed by atoms with Gasteiger partial charge in [0.1, 0.15) is 6.61 Å². The Hall–Kier alpha value is -3.08. The quantitative estimate of drug-likeness (QED) is 0.747. The van der Waals surface area contributed by atoms with Gasteiger partial charge < -0.3 is 15.2 Å². The minimum absolute atomic E-state index is 0.0122. The predicted octanol–water partition coefficient (Wildman–Crippen LogP) is 4.33. The maximum absolute atomic E-state index is 12.3. The molecule has 5 heteroatoms. The lowest BCUT2D eigenvalue weighted by atomic mass is 9.98. The van der Waals surface area contributed by atoms with Crippen molar-refractivity contribution in [2.24, 2.45) is 0 Å². The van der Waals surface area contributed by atoms with E-state index in [-0.39, 0.29) is 12.5 Å². The van der Waals surface area contributed by atoms with E-state index in [1.807, 2.05) is 38.1 Å². The third-order valence-corrected chi connectivity index (χ3v) is 4.67. The molecule has 0 radical (unpaired) electrons. The molecule has 0 spiro atoms. The summed E-state index contributed by atoms with van der Waals surface area (Å²) in [5.74, 6) is -0.995. The SMILES string of the molecule is CC(C)(CC=CC(=O)O)NC(=O)OCC1c2ccccc2-c2ccccc21. The fraction of sp³-hybridized carbons (Fsp3) is 0.273. The Morgan fingerprint density at radius 1 is 1.07 bits per heavy atom. The van der Waals surface area contributed by atoms with Gasteiger partial charge >= 0.3 is 12.1 Å². The van der Waals surface area contributed by atoms with Gasteiger partial charge in [0.2, 0.25) is 0 Å². The summed E-state index contributed by atoms with van der Waals surface area (Å²) in [5, 5.41) is 11.5. The van der Waals surface area contributed by atoms with Gasteiger partial charge in [-0.15, -0.1) is 0 Å². The molecule has 27 heavy (non-hydrogen) atoms. The number of rotatable bonds is 6. The smallest absolute Gasteiger partial charge is 0.407 e. The highest BCUT2D eigenvalue weighted by Crippen LogP contribution is 2.44. The second-order valence-electron chi connectivity index (χ2n) is 7.28. The molecule has 140 valence electrons. The molecule has 2 aromatic rings. The standard InChI is InChI=1S/C22H23NO4/c1-22(2,13-7-12-20(24)25)23-21(26)27-14-19-17-10-5-3-8-15(17)16-9-4-6-11-18(16)19/h3-12,19H,13-14H2,1-2H3,(H,23,26)(H,24,25). The van der Waals surface area contributed by atoms with Crippen molar-refractivity contribution >= 4 is 12.1 Å². The lowest BCUT2D eigenvalue weighted by Gasteiger charge is -2.25. The van der Waals surface area contributed by atoms with Crippen molar-refractivity contribution in [2.45, 2.75) is 31.7 Å². The van der Waals surface area contributed by atoms with E-state index in [0.29, 0.717) is 6.42 Å². The lowest BCUT2D eigenvalue weighted by Crippen LogP contribution is -2.43.